The molecule has 1 aromatic heterocycles. The van der Waals surface area contributed by atoms with Crippen LogP contribution in [0.1, 0.15) is 29.8 Å². The Kier molecular flexibility index (Phi) is 7.25. The van der Waals surface area contributed by atoms with E-state index in [2.05, 4.69) is 15.4 Å². The van der Waals surface area contributed by atoms with Gasteiger partial charge in [0.1, 0.15) is 18.4 Å². The zero-order valence-electron chi connectivity index (χ0n) is 19.0. The zero-order chi connectivity index (χ0) is 24.1. The maximum atomic E-state index is 13.1. The second-order valence-corrected chi connectivity index (χ2v) is 10.0. The van der Waals surface area contributed by atoms with Crippen LogP contribution >= 0.6 is 0 Å². The first-order chi connectivity index (χ1) is 16.3. The van der Waals surface area contributed by atoms with Crippen LogP contribution in [0.5, 0.6) is 5.75 Å². The number of anilines is 1. The summed E-state index contributed by atoms with van der Waals surface area (Å²) in [4.78, 5) is 17.0. The highest BCUT2D eigenvalue weighted by molar-refractivity contribution is 7.89. The molecule has 11 heteroatoms. The number of benzene rings is 2. The molecule has 1 amide bonds. The Bertz CT molecular complexity index is 1220. The highest BCUT2D eigenvalue weighted by atomic mass is 32.2. The Morgan fingerprint density at radius 2 is 1.88 bits per heavy atom. The molecule has 34 heavy (non-hydrogen) atoms. The van der Waals surface area contributed by atoms with Gasteiger partial charge in [-0.1, -0.05) is 12.1 Å². The lowest BCUT2D eigenvalue weighted by Gasteiger charge is -2.26. The Morgan fingerprint density at radius 1 is 1.15 bits per heavy atom. The predicted molar refractivity (Wildman–Crippen MR) is 125 cm³/mol. The normalized spacial score (nSPS) is 14.8. The molecule has 1 aliphatic rings. The number of hydrogen-bond acceptors (Lipinski definition) is 7. The standard InChI is InChI=1S/C23H27N5O5S/c1-17(2)33-22-8-7-20(34(30,31)28-9-11-32-12-10-28)13-21(22)26-23(29)19-5-3-18(4-6-19)14-27-16-24-15-25-27/h3-8,13,15-17H,9-12,14H2,1-2H3,(H,26,29). The van der Waals surface area contributed by atoms with E-state index in [9.17, 15) is 13.2 Å². The minimum absolute atomic E-state index is 0.0870. The topological polar surface area (TPSA) is 116 Å². The summed E-state index contributed by atoms with van der Waals surface area (Å²) in [5, 5.41) is 6.89. The summed E-state index contributed by atoms with van der Waals surface area (Å²) in [6.45, 7) is 5.53. The molecule has 0 saturated carbocycles. The van der Waals surface area contributed by atoms with Crippen molar-refractivity contribution in [2.45, 2.75) is 31.4 Å². The van der Waals surface area contributed by atoms with E-state index in [-0.39, 0.29) is 30.0 Å². The molecule has 1 saturated heterocycles. The summed E-state index contributed by atoms with van der Waals surface area (Å²) in [6.07, 6.45) is 2.93. The van der Waals surface area contributed by atoms with Crippen LogP contribution in [-0.4, -0.2) is 65.8 Å². The van der Waals surface area contributed by atoms with Crippen LogP contribution < -0.4 is 10.1 Å². The van der Waals surface area contributed by atoms with Gasteiger partial charge in [-0.25, -0.2) is 18.1 Å². The molecule has 1 aliphatic heterocycles. The second kappa shape index (κ2) is 10.3. The molecule has 4 rings (SSSR count). The van der Waals surface area contributed by atoms with Gasteiger partial charge in [-0.3, -0.25) is 4.79 Å². The quantitative estimate of drug-likeness (QED) is 0.521. The minimum atomic E-state index is -3.73. The highest BCUT2D eigenvalue weighted by Crippen LogP contribution is 2.31. The van der Waals surface area contributed by atoms with E-state index in [4.69, 9.17) is 9.47 Å². The Morgan fingerprint density at radius 3 is 2.53 bits per heavy atom. The molecule has 0 bridgehead atoms. The van der Waals surface area contributed by atoms with Crippen molar-refractivity contribution < 1.29 is 22.7 Å². The van der Waals surface area contributed by atoms with E-state index in [0.29, 0.717) is 36.8 Å². The SMILES string of the molecule is CC(C)Oc1ccc(S(=O)(=O)N2CCOCC2)cc1NC(=O)c1ccc(Cn2cncn2)cc1. The summed E-state index contributed by atoms with van der Waals surface area (Å²) in [5.74, 6) is 0.0221. The fraction of sp³-hybridized carbons (Fsp3) is 0.348. The van der Waals surface area contributed by atoms with E-state index >= 15 is 0 Å². The summed E-state index contributed by atoms with van der Waals surface area (Å²) in [5.41, 5.74) is 1.68. The molecule has 1 fully saturated rings. The van der Waals surface area contributed by atoms with Gasteiger partial charge in [-0.2, -0.15) is 9.40 Å². The smallest absolute Gasteiger partial charge is 0.255 e. The maximum absolute atomic E-state index is 13.1. The van der Waals surface area contributed by atoms with Crippen LogP contribution in [0.4, 0.5) is 5.69 Å². The third kappa shape index (κ3) is 5.61. The van der Waals surface area contributed by atoms with Crippen molar-refractivity contribution in [3.8, 4) is 5.75 Å². The Balaban J connectivity index is 1.56. The molecule has 0 aliphatic carbocycles. The average molecular weight is 486 g/mol. The number of ether oxygens (including phenoxy) is 2. The van der Waals surface area contributed by atoms with Crippen LogP contribution in [0, 0.1) is 0 Å². The molecule has 180 valence electrons. The third-order valence-corrected chi connectivity index (χ3v) is 7.09. The first-order valence-corrected chi connectivity index (χ1v) is 12.4. The zero-order valence-corrected chi connectivity index (χ0v) is 19.9. The molecular formula is C23H27N5O5S. The molecule has 1 N–H and O–H groups in total. The summed E-state index contributed by atoms with van der Waals surface area (Å²) in [7, 11) is -3.73. The molecule has 3 aromatic rings. The Labute approximate surface area is 198 Å². The lowest BCUT2D eigenvalue weighted by atomic mass is 10.1. The van der Waals surface area contributed by atoms with Gasteiger partial charge < -0.3 is 14.8 Å². The van der Waals surface area contributed by atoms with Gasteiger partial charge in [0.05, 0.1) is 36.4 Å². The lowest BCUT2D eigenvalue weighted by molar-refractivity contribution is 0.0730. The monoisotopic (exact) mass is 485 g/mol. The van der Waals surface area contributed by atoms with Gasteiger partial charge in [-0.15, -0.1) is 0 Å². The number of nitrogens with zero attached hydrogens (tertiary/aromatic N) is 4. The summed E-state index contributed by atoms with van der Waals surface area (Å²) < 4.78 is 40.4. The highest BCUT2D eigenvalue weighted by Gasteiger charge is 2.27. The number of amides is 1. The number of hydrogen-bond donors (Lipinski definition) is 1. The molecule has 0 radical (unpaired) electrons. The number of sulfonamides is 1. The van der Waals surface area contributed by atoms with Crippen molar-refractivity contribution in [2.24, 2.45) is 0 Å². The maximum Gasteiger partial charge on any atom is 0.255 e. The number of rotatable bonds is 8. The molecule has 2 aromatic carbocycles. The van der Waals surface area contributed by atoms with Gasteiger partial charge in [0.2, 0.25) is 10.0 Å². The van der Waals surface area contributed by atoms with Crippen molar-refractivity contribution in [2.75, 3.05) is 31.6 Å². The van der Waals surface area contributed by atoms with Crippen LogP contribution in [0.2, 0.25) is 0 Å². The van der Waals surface area contributed by atoms with Crippen molar-refractivity contribution in [1.82, 2.24) is 19.1 Å². The van der Waals surface area contributed by atoms with E-state index in [0.717, 1.165) is 5.56 Å². The van der Waals surface area contributed by atoms with Crippen molar-refractivity contribution in [1.29, 1.82) is 0 Å². The van der Waals surface area contributed by atoms with E-state index < -0.39 is 10.0 Å². The van der Waals surface area contributed by atoms with Gasteiger partial charge in [0.25, 0.3) is 5.91 Å². The summed E-state index contributed by atoms with van der Waals surface area (Å²) >= 11 is 0. The van der Waals surface area contributed by atoms with E-state index in [1.165, 1.54) is 22.8 Å². The van der Waals surface area contributed by atoms with Gasteiger partial charge >= 0.3 is 0 Å². The van der Waals surface area contributed by atoms with Gasteiger partial charge in [0.15, 0.2) is 0 Å². The molecule has 0 spiro atoms. The first-order valence-electron chi connectivity index (χ1n) is 10.9. The number of morpholine rings is 1. The van der Waals surface area contributed by atoms with Crippen LogP contribution in [0.3, 0.4) is 0 Å². The number of carbonyl (C=O) groups excluding carboxylic acids is 1. The minimum Gasteiger partial charge on any atom is -0.489 e. The van der Waals surface area contributed by atoms with Crippen LogP contribution in [-0.2, 0) is 21.3 Å². The van der Waals surface area contributed by atoms with Gasteiger partial charge in [-0.05, 0) is 49.7 Å². The number of nitrogens with one attached hydrogen (secondary N) is 1. The predicted octanol–water partition coefficient (Wildman–Crippen LogP) is 2.39. The van der Waals surface area contributed by atoms with Crippen LogP contribution in [0.15, 0.2) is 60.0 Å². The van der Waals surface area contributed by atoms with E-state index in [1.807, 2.05) is 26.0 Å². The van der Waals surface area contributed by atoms with Crippen molar-refractivity contribution >= 4 is 21.6 Å². The molecule has 0 unspecified atom stereocenters. The first kappa shape index (κ1) is 23.9. The molecular weight excluding hydrogens is 458 g/mol. The number of aromatic nitrogens is 3. The molecule has 0 atom stereocenters. The largest absolute Gasteiger partial charge is 0.489 e. The molecule has 2 heterocycles. The Hall–Kier alpha value is -3.28. The average Bonchev–Trinajstić information content (AvgIpc) is 3.34. The summed E-state index contributed by atoms with van der Waals surface area (Å²) in [6, 6.07) is 11.6. The fourth-order valence-electron chi connectivity index (χ4n) is 3.52. The number of carbonyl (C=O) groups is 1. The lowest BCUT2D eigenvalue weighted by Crippen LogP contribution is -2.40. The van der Waals surface area contributed by atoms with Crippen molar-refractivity contribution in [3.63, 3.8) is 0 Å². The van der Waals surface area contributed by atoms with Crippen molar-refractivity contribution in [3.05, 3.63) is 66.2 Å². The van der Waals surface area contributed by atoms with Gasteiger partial charge in [0, 0.05) is 18.7 Å². The van der Waals surface area contributed by atoms with E-state index in [1.54, 1.807) is 29.2 Å². The second-order valence-electron chi connectivity index (χ2n) is 8.09. The van der Waals surface area contributed by atoms with Crippen LogP contribution in [0.25, 0.3) is 0 Å². The fourth-order valence-corrected chi connectivity index (χ4v) is 4.95. The molecule has 10 nitrogen and oxygen atoms in total. The third-order valence-electron chi connectivity index (χ3n) is 5.20.